The zero-order valence-corrected chi connectivity index (χ0v) is 24.4. The lowest BCUT2D eigenvalue weighted by atomic mass is 9.95. The minimum absolute atomic E-state index is 0.0908. The van der Waals surface area contributed by atoms with Gasteiger partial charge in [0.15, 0.2) is 5.11 Å². The Labute approximate surface area is 240 Å². The Bertz CT molecular complexity index is 1550. The number of carbonyl (C=O) groups is 1. The second-order valence-corrected chi connectivity index (χ2v) is 11.3. The topological polar surface area (TPSA) is 84.3 Å². The fraction of sp³-hybridized carbons (Fsp3) is 0.290. The molecule has 206 valence electrons. The summed E-state index contributed by atoms with van der Waals surface area (Å²) in [4.78, 5) is 24.1. The van der Waals surface area contributed by atoms with Gasteiger partial charge in [-0.05, 0) is 74.1 Å². The molecule has 0 radical (unpaired) electrons. The number of hydrogen-bond acceptors (Lipinski definition) is 5. The molecule has 1 amide bonds. The molecular weight excluding hydrogens is 520 g/mol. The number of methoxy groups -OCH3 is 1. The van der Waals surface area contributed by atoms with Gasteiger partial charge in [0.25, 0.3) is 0 Å². The Kier molecular flexibility index (Phi) is 7.33. The predicted octanol–water partition coefficient (Wildman–Crippen LogP) is 6.05. The first-order chi connectivity index (χ1) is 19.1. The molecule has 2 atom stereocenters. The SMILES string of the molecule is COc1cc(N2C(=S)N[C@@H](c3ccccn3)[C@H]2c2cc(C)n(-c3ccccn3)c2C)ccc1NC(=O)C(C)(C)C. The summed E-state index contributed by atoms with van der Waals surface area (Å²) in [6, 6.07) is 19.4. The molecular formula is C31H34N6O2S. The van der Waals surface area contributed by atoms with Crippen molar-refractivity contribution in [2.45, 2.75) is 46.7 Å². The highest BCUT2D eigenvalue weighted by Gasteiger charge is 2.42. The number of benzene rings is 1. The number of ether oxygens (including phenoxy) is 1. The summed E-state index contributed by atoms with van der Waals surface area (Å²) in [5.41, 5.74) is 5.04. The van der Waals surface area contributed by atoms with Gasteiger partial charge in [0.1, 0.15) is 11.6 Å². The number of nitrogens with zero attached hydrogens (tertiary/aromatic N) is 4. The zero-order chi connectivity index (χ0) is 28.6. The third-order valence-corrected chi connectivity index (χ3v) is 7.47. The molecule has 0 aliphatic carbocycles. The Morgan fingerprint density at radius 3 is 2.38 bits per heavy atom. The standard InChI is InChI=1S/C31H34N6O2S/c1-19-17-22(20(2)36(19)26-12-8-10-16-33-26)28-27(24-11-7-9-15-32-24)35-30(40)37(28)21-13-14-23(25(18-21)39-6)34-29(38)31(3,4)5/h7-18,27-28H,1-6H3,(H,34,38)(H,35,40)/t27-,28+/m0/s1. The van der Waals surface area contributed by atoms with Crippen molar-refractivity contribution in [3.05, 3.63) is 95.7 Å². The van der Waals surface area contributed by atoms with Gasteiger partial charge in [0, 0.05) is 41.0 Å². The highest BCUT2D eigenvalue weighted by molar-refractivity contribution is 7.80. The van der Waals surface area contributed by atoms with Gasteiger partial charge in [-0.25, -0.2) is 4.98 Å². The van der Waals surface area contributed by atoms with Crippen LogP contribution in [0.2, 0.25) is 0 Å². The van der Waals surface area contributed by atoms with E-state index in [-0.39, 0.29) is 18.0 Å². The van der Waals surface area contributed by atoms with Crippen molar-refractivity contribution in [2.24, 2.45) is 5.41 Å². The Morgan fingerprint density at radius 1 is 1.02 bits per heavy atom. The molecule has 0 unspecified atom stereocenters. The summed E-state index contributed by atoms with van der Waals surface area (Å²) in [6.07, 6.45) is 3.60. The number of amides is 1. The molecule has 1 saturated heterocycles. The normalized spacial score (nSPS) is 17.1. The number of aryl methyl sites for hydroxylation is 1. The molecule has 1 aliphatic heterocycles. The Balaban J connectivity index is 1.62. The quantitative estimate of drug-likeness (QED) is 0.281. The fourth-order valence-electron chi connectivity index (χ4n) is 5.12. The molecule has 0 bridgehead atoms. The maximum Gasteiger partial charge on any atom is 0.229 e. The van der Waals surface area contributed by atoms with Crippen molar-refractivity contribution in [1.29, 1.82) is 0 Å². The van der Waals surface area contributed by atoms with Crippen LogP contribution in [0.5, 0.6) is 5.75 Å². The van der Waals surface area contributed by atoms with Gasteiger partial charge < -0.3 is 24.8 Å². The Morgan fingerprint density at radius 2 is 1.75 bits per heavy atom. The van der Waals surface area contributed by atoms with Crippen LogP contribution < -0.4 is 20.3 Å². The van der Waals surface area contributed by atoms with E-state index in [9.17, 15) is 4.79 Å². The molecule has 8 nitrogen and oxygen atoms in total. The number of pyridine rings is 2. The highest BCUT2D eigenvalue weighted by Crippen LogP contribution is 2.45. The van der Waals surface area contributed by atoms with Crippen molar-refractivity contribution in [3.8, 4) is 11.6 Å². The zero-order valence-electron chi connectivity index (χ0n) is 23.6. The minimum atomic E-state index is -0.540. The third kappa shape index (κ3) is 5.04. The van der Waals surface area contributed by atoms with Gasteiger partial charge in [-0.2, -0.15) is 0 Å². The maximum atomic E-state index is 12.7. The van der Waals surface area contributed by atoms with E-state index in [1.54, 1.807) is 19.5 Å². The van der Waals surface area contributed by atoms with E-state index in [4.69, 9.17) is 17.0 Å². The van der Waals surface area contributed by atoms with Crippen molar-refractivity contribution < 1.29 is 9.53 Å². The van der Waals surface area contributed by atoms with Gasteiger partial charge in [-0.3, -0.25) is 9.78 Å². The first-order valence-electron chi connectivity index (χ1n) is 13.2. The molecule has 5 rings (SSSR count). The van der Waals surface area contributed by atoms with E-state index >= 15 is 0 Å². The average molecular weight is 555 g/mol. The Hall–Kier alpha value is -4.24. The van der Waals surface area contributed by atoms with E-state index in [1.807, 2.05) is 75.4 Å². The molecule has 2 N–H and O–H groups in total. The van der Waals surface area contributed by atoms with E-state index in [1.165, 1.54) is 0 Å². The van der Waals surface area contributed by atoms with Crippen LogP contribution in [0.3, 0.4) is 0 Å². The van der Waals surface area contributed by atoms with Crippen LogP contribution in [0.4, 0.5) is 11.4 Å². The van der Waals surface area contributed by atoms with Gasteiger partial charge in [0.05, 0.1) is 30.6 Å². The second-order valence-electron chi connectivity index (χ2n) is 10.9. The van der Waals surface area contributed by atoms with Gasteiger partial charge in [0.2, 0.25) is 5.91 Å². The summed E-state index contributed by atoms with van der Waals surface area (Å²) < 4.78 is 7.88. The van der Waals surface area contributed by atoms with Crippen molar-refractivity contribution in [1.82, 2.24) is 19.9 Å². The van der Waals surface area contributed by atoms with Gasteiger partial charge >= 0.3 is 0 Å². The lowest BCUT2D eigenvalue weighted by molar-refractivity contribution is -0.123. The molecule has 1 aromatic carbocycles. The summed E-state index contributed by atoms with van der Waals surface area (Å²) in [7, 11) is 1.60. The third-order valence-electron chi connectivity index (χ3n) is 7.16. The number of carbonyl (C=O) groups excluding carboxylic acids is 1. The number of hydrogen-bond donors (Lipinski definition) is 2. The van der Waals surface area contributed by atoms with Crippen LogP contribution >= 0.6 is 12.2 Å². The number of nitrogens with one attached hydrogen (secondary N) is 2. The van der Waals surface area contributed by atoms with Crippen LogP contribution in [0.25, 0.3) is 5.82 Å². The summed E-state index contributed by atoms with van der Waals surface area (Å²) in [5, 5.41) is 7.10. The molecule has 40 heavy (non-hydrogen) atoms. The van der Waals surface area contributed by atoms with E-state index in [0.29, 0.717) is 16.5 Å². The van der Waals surface area contributed by atoms with Gasteiger partial charge in [-0.1, -0.05) is 32.9 Å². The molecule has 4 heterocycles. The monoisotopic (exact) mass is 554 g/mol. The molecule has 1 fully saturated rings. The predicted molar refractivity (Wildman–Crippen MR) is 162 cm³/mol. The van der Waals surface area contributed by atoms with Crippen molar-refractivity contribution in [2.75, 3.05) is 17.3 Å². The molecule has 0 saturated carbocycles. The molecule has 0 spiro atoms. The van der Waals surface area contributed by atoms with Crippen LogP contribution in [0.15, 0.2) is 73.1 Å². The second kappa shape index (κ2) is 10.7. The number of aromatic nitrogens is 3. The maximum absolute atomic E-state index is 12.7. The van der Waals surface area contributed by atoms with Gasteiger partial charge in [-0.15, -0.1) is 0 Å². The number of thiocarbonyl (C=S) groups is 1. The van der Waals surface area contributed by atoms with Crippen LogP contribution in [-0.2, 0) is 4.79 Å². The number of anilines is 2. The lowest BCUT2D eigenvalue weighted by Crippen LogP contribution is -2.30. The lowest BCUT2D eigenvalue weighted by Gasteiger charge is -2.29. The largest absolute Gasteiger partial charge is 0.494 e. The van der Waals surface area contributed by atoms with Crippen molar-refractivity contribution in [3.63, 3.8) is 0 Å². The molecule has 9 heteroatoms. The summed E-state index contributed by atoms with van der Waals surface area (Å²) in [5.74, 6) is 1.32. The first kappa shape index (κ1) is 27.3. The highest BCUT2D eigenvalue weighted by atomic mass is 32.1. The number of rotatable bonds is 6. The van der Waals surface area contributed by atoms with Crippen molar-refractivity contribution >= 4 is 34.6 Å². The van der Waals surface area contributed by atoms with Crippen LogP contribution in [0, 0.1) is 19.3 Å². The van der Waals surface area contributed by atoms with E-state index < -0.39 is 5.41 Å². The first-order valence-corrected chi connectivity index (χ1v) is 13.6. The molecule has 1 aliphatic rings. The summed E-state index contributed by atoms with van der Waals surface area (Å²) in [6.45, 7) is 9.82. The minimum Gasteiger partial charge on any atom is -0.494 e. The van der Waals surface area contributed by atoms with E-state index in [2.05, 4.69) is 50.0 Å². The van der Waals surface area contributed by atoms with Crippen LogP contribution in [0.1, 0.15) is 55.5 Å². The van der Waals surface area contributed by atoms with E-state index in [0.717, 1.165) is 34.2 Å². The molecule has 4 aromatic rings. The molecule has 3 aromatic heterocycles. The summed E-state index contributed by atoms with van der Waals surface area (Å²) >= 11 is 5.94. The van der Waals surface area contributed by atoms with Crippen LogP contribution in [-0.4, -0.2) is 32.7 Å². The fourth-order valence-corrected chi connectivity index (χ4v) is 5.46. The smallest absolute Gasteiger partial charge is 0.229 e. The average Bonchev–Trinajstić information content (AvgIpc) is 3.44.